The number of hydrogen-bond acceptors (Lipinski definition) is 1. The molecule has 6 aromatic rings. The molecule has 0 N–H and O–H groups in total. The third-order valence-corrected chi connectivity index (χ3v) is 9.86. The summed E-state index contributed by atoms with van der Waals surface area (Å²) in [6.45, 7) is 12.0. The van der Waals surface area contributed by atoms with Crippen molar-refractivity contribution in [1.82, 2.24) is 0 Å². The van der Waals surface area contributed by atoms with Gasteiger partial charge in [0.1, 0.15) is 0 Å². The van der Waals surface area contributed by atoms with Gasteiger partial charge in [-0.3, -0.25) is 0 Å². The van der Waals surface area contributed by atoms with Crippen molar-refractivity contribution in [1.29, 1.82) is 5.26 Å². The van der Waals surface area contributed by atoms with Crippen LogP contribution in [0.4, 0.5) is 18.9 Å². The number of alkyl halides is 3. The third-order valence-electron chi connectivity index (χ3n) is 9.86. The number of halogens is 3. The zero-order valence-electron chi connectivity index (χ0n) is 26.2. The highest BCUT2D eigenvalue weighted by atomic mass is 19.4. The molecule has 2 atom stereocenters. The Kier molecular flexibility index (Phi) is 6.65. The van der Waals surface area contributed by atoms with Gasteiger partial charge in [0.05, 0.1) is 23.8 Å². The third kappa shape index (κ3) is 4.39. The van der Waals surface area contributed by atoms with E-state index in [1.807, 2.05) is 62.4 Å². The van der Waals surface area contributed by atoms with E-state index in [-0.39, 0.29) is 17.2 Å². The molecule has 0 spiro atoms. The number of nitrogens with zero attached hydrogens (tertiary/aromatic N) is 2. The molecule has 0 amide bonds. The van der Waals surface area contributed by atoms with E-state index in [0.29, 0.717) is 22.3 Å². The second-order valence-electron chi connectivity index (χ2n) is 12.7. The molecule has 6 aromatic carbocycles. The Morgan fingerprint density at radius 2 is 1.10 bits per heavy atom. The molecule has 48 heavy (non-hydrogen) atoms. The number of rotatable bonds is 3. The van der Waals surface area contributed by atoms with Crippen LogP contribution in [0.5, 0.6) is 0 Å². The molecule has 0 aromatic heterocycles. The van der Waals surface area contributed by atoms with Gasteiger partial charge in [-0.05, 0) is 87.2 Å². The largest absolute Gasteiger partial charge is 0.415 e. The molecule has 2 aliphatic rings. The number of nitriles is 1. The monoisotopic (exact) mass is 628 g/mol. The van der Waals surface area contributed by atoms with Crippen LogP contribution in [0.3, 0.4) is 0 Å². The van der Waals surface area contributed by atoms with Gasteiger partial charge in [0.2, 0.25) is 0 Å². The minimum atomic E-state index is -4.72. The lowest BCUT2D eigenvalue weighted by molar-refractivity contribution is -0.137. The van der Waals surface area contributed by atoms with E-state index in [9.17, 15) is 18.4 Å². The predicted molar refractivity (Wildman–Crippen MR) is 183 cm³/mol. The van der Waals surface area contributed by atoms with Crippen LogP contribution in [0, 0.1) is 31.8 Å². The number of hydrogen-bond donors (Lipinski definition) is 0. The molecular formula is C43H27F3N2. The van der Waals surface area contributed by atoms with Gasteiger partial charge < -0.3 is 0 Å². The van der Waals surface area contributed by atoms with Crippen molar-refractivity contribution in [2.24, 2.45) is 0 Å². The molecule has 5 heteroatoms. The van der Waals surface area contributed by atoms with Gasteiger partial charge in [-0.25, -0.2) is 4.85 Å². The highest BCUT2D eigenvalue weighted by Crippen LogP contribution is 2.55. The SMILES string of the molecule is [C-]#[N+]c1cccc(C(F)(F)F)c1-c1cc(C2c3ccccc3-c3ccc(C)cc32)c(C#N)cc1C1c2ccccc2-c2ccc(C)cc21. The molecule has 8 rings (SSSR count). The minimum absolute atomic E-state index is 0.0828. The highest BCUT2D eigenvalue weighted by Gasteiger charge is 2.39. The lowest BCUT2D eigenvalue weighted by Gasteiger charge is -2.26. The fourth-order valence-electron chi connectivity index (χ4n) is 7.90. The summed E-state index contributed by atoms with van der Waals surface area (Å²) >= 11 is 0. The summed E-state index contributed by atoms with van der Waals surface area (Å²) in [7, 11) is 0. The van der Waals surface area contributed by atoms with Crippen LogP contribution in [-0.2, 0) is 6.18 Å². The first-order valence-electron chi connectivity index (χ1n) is 15.7. The molecular weight excluding hydrogens is 601 g/mol. The second-order valence-corrected chi connectivity index (χ2v) is 12.7. The van der Waals surface area contributed by atoms with Crippen LogP contribution in [0.15, 0.2) is 115 Å². The smallest absolute Gasteiger partial charge is 0.238 e. The van der Waals surface area contributed by atoms with Crippen molar-refractivity contribution in [2.45, 2.75) is 31.9 Å². The summed E-state index contributed by atoms with van der Waals surface area (Å²) in [6.07, 6.45) is -4.72. The Balaban J connectivity index is 1.51. The summed E-state index contributed by atoms with van der Waals surface area (Å²) < 4.78 is 44.8. The van der Waals surface area contributed by atoms with Gasteiger partial charge >= 0.3 is 6.18 Å². The average molecular weight is 629 g/mol. The Hall–Kier alpha value is -5.91. The van der Waals surface area contributed by atoms with Crippen molar-refractivity contribution in [3.8, 4) is 39.4 Å². The highest BCUT2D eigenvalue weighted by molar-refractivity contribution is 5.90. The fraction of sp³-hybridized carbons (Fsp3) is 0.116. The van der Waals surface area contributed by atoms with Gasteiger partial charge in [-0.1, -0.05) is 114 Å². The van der Waals surface area contributed by atoms with Crippen LogP contribution in [0.25, 0.3) is 38.2 Å². The maximum Gasteiger partial charge on any atom is 0.415 e. The Morgan fingerprint density at radius 1 is 0.583 bits per heavy atom. The van der Waals surface area contributed by atoms with Gasteiger partial charge in [0.25, 0.3) is 0 Å². The molecule has 0 saturated heterocycles. The summed E-state index contributed by atoms with van der Waals surface area (Å²) in [5.74, 6) is -0.823. The van der Waals surface area contributed by atoms with Crippen LogP contribution < -0.4 is 0 Å². The van der Waals surface area contributed by atoms with Crippen molar-refractivity contribution >= 4 is 5.69 Å². The summed E-state index contributed by atoms with van der Waals surface area (Å²) in [4.78, 5) is 3.63. The Labute approximate surface area is 277 Å². The lowest BCUT2D eigenvalue weighted by Crippen LogP contribution is -2.11. The molecule has 0 saturated carbocycles. The van der Waals surface area contributed by atoms with Crippen LogP contribution >= 0.6 is 0 Å². The Morgan fingerprint density at radius 3 is 1.65 bits per heavy atom. The molecule has 2 unspecified atom stereocenters. The van der Waals surface area contributed by atoms with E-state index >= 15 is 0 Å². The van der Waals surface area contributed by atoms with E-state index in [1.54, 1.807) is 12.1 Å². The zero-order chi connectivity index (χ0) is 33.3. The number of fused-ring (bicyclic) bond motifs is 6. The summed E-state index contributed by atoms with van der Waals surface area (Å²) in [5, 5.41) is 10.8. The zero-order valence-corrected chi connectivity index (χ0v) is 26.2. The second kappa shape index (κ2) is 10.8. The molecule has 0 bridgehead atoms. The molecule has 0 radical (unpaired) electrons. The fourth-order valence-corrected chi connectivity index (χ4v) is 7.90. The first-order valence-corrected chi connectivity index (χ1v) is 15.7. The van der Waals surface area contributed by atoms with Crippen LogP contribution in [0.2, 0.25) is 0 Å². The maximum absolute atomic E-state index is 14.9. The molecule has 0 aliphatic heterocycles. The van der Waals surface area contributed by atoms with E-state index in [2.05, 4.69) is 47.3 Å². The maximum atomic E-state index is 14.9. The van der Waals surface area contributed by atoms with E-state index in [1.165, 1.54) is 12.1 Å². The molecule has 2 aliphatic carbocycles. The average Bonchev–Trinajstić information content (AvgIpc) is 3.58. The minimum Gasteiger partial charge on any atom is -0.238 e. The summed E-state index contributed by atoms with van der Waals surface area (Å²) in [5.41, 5.74) is 10.9. The quantitative estimate of drug-likeness (QED) is 0.179. The van der Waals surface area contributed by atoms with E-state index < -0.39 is 17.7 Å². The standard InChI is InChI=1S/C43H27F3N2/c1-24-15-17-29-27-9-4-6-11-31(27)40(34(29)19-24)33-22-37(42-38(43(44,45)46)13-8-14-39(42)48-3)36(21-26(33)23-47)41-32-12-7-5-10-28(32)30-18-16-25(2)20-35(30)41/h4-22,40-41H,1-2H3. The molecule has 2 nitrogen and oxygen atoms in total. The van der Waals surface area contributed by atoms with Crippen molar-refractivity contribution < 1.29 is 13.2 Å². The first-order chi connectivity index (χ1) is 23.2. The topological polar surface area (TPSA) is 28.1 Å². The van der Waals surface area contributed by atoms with Gasteiger partial charge in [0.15, 0.2) is 5.69 Å². The Bertz CT molecular complexity index is 2400. The van der Waals surface area contributed by atoms with Crippen LogP contribution in [-0.4, -0.2) is 0 Å². The van der Waals surface area contributed by atoms with Crippen LogP contribution in [0.1, 0.15) is 67.5 Å². The number of benzene rings is 6. The summed E-state index contributed by atoms with van der Waals surface area (Å²) in [6, 6.07) is 38.2. The molecule has 230 valence electrons. The van der Waals surface area contributed by atoms with Gasteiger partial charge in [-0.2, -0.15) is 18.4 Å². The van der Waals surface area contributed by atoms with Crippen molar-refractivity contribution in [2.75, 3.05) is 0 Å². The number of aryl methyl sites for hydroxylation is 2. The van der Waals surface area contributed by atoms with Gasteiger partial charge in [0, 0.05) is 17.4 Å². The van der Waals surface area contributed by atoms with Crippen molar-refractivity contribution in [3.63, 3.8) is 0 Å². The first kappa shape index (κ1) is 29.5. The van der Waals surface area contributed by atoms with E-state index in [0.717, 1.165) is 61.7 Å². The van der Waals surface area contributed by atoms with E-state index in [4.69, 9.17) is 6.57 Å². The molecule has 0 fully saturated rings. The van der Waals surface area contributed by atoms with Gasteiger partial charge in [-0.15, -0.1) is 0 Å². The molecule has 0 heterocycles. The normalized spacial score (nSPS) is 15.6. The van der Waals surface area contributed by atoms with Crippen molar-refractivity contribution in [3.05, 3.63) is 182 Å². The predicted octanol–water partition coefficient (Wildman–Crippen LogP) is 11.7. The lowest BCUT2D eigenvalue weighted by atomic mass is 9.77.